The van der Waals surface area contributed by atoms with Gasteiger partial charge in [0.05, 0.1) is 11.5 Å². The van der Waals surface area contributed by atoms with Gasteiger partial charge in [0.1, 0.15) is 5.00 Å². The Morgan fingerprint density at radius 2 is 2.40 bits per heavy atom. The van der Waals surface area contributed by atoms with Crippen LogP contribution in [0.2, 0.25) is 0 Å². The quantitative estimate of drug-likeness (QED) is 0.754. The lowest BCUT2D eigenvalue weighted by molar-refractivity contribution is 0.164. The molecule has 0 saturated carbocycles. The van der Waals surface area contributed by atoms with Crippen molar-refractivity contribution in [2.75, 3.05) is 37.6 Å². The van der Waals surface area contributed by atoms with Crippen molar-refractivity contribution in [3.8, 4) is 0 Å². The zero-order valence-corrected chi connectivity index (χ0v) is 10.9. The largest absolute Gasteiger partial charge is 0.384 e. The Balaban J connectivity index is 2.50. The van der Waals surface area contributed by atoms with E-state index < -0.39 is 0 Å². The van der Waals surface area contributed by atoms with E-state index in [2.05, 4.69) is 16.6 Å². The topological polar surface area (TPSA) is 60.2 Å². The fourth-order valence-corrected chi connectivity index (χ4v) is 2.76. The normalized spacial score (nSPS) is 12.7. The van der Waals surface area contributed by atoms with Crippen LogP contribution in [-0.2, 0) is 4.74 Å². The molecule has 1 heterocycles. The SMILES string of the molecule is COCC(C)CNc1snc(N)c1SC. The van der Waals surface area contributed by atoms with E-state index in [-0.39, 0.29) is 0 Å². The smallest absolute Gasteiger partial charge is 0.153 e. The second kappa shape index (κ2) is 6.19. The molecule has 0 aliphatic rings. The van der Waals surface area contributed by atoms with Crippen molar-refractivity contribution in [2.45, 2.75) is 11.8 Å². The molecule has 1 aromatic heterocycles. The maximum absolute atomic E-state index is 5.73. The molecule has 0 aliphatic carbocycles. The van der Waals surface area contributed by atoms with Crippen molar-refractivity contribution in [1.29, 1.82) is 0 Å². The summed E-state index contributed by atoms with van der Waals surface area (Å²) in [7, 11) is 1.72. The van der Waals surface area contributed by atoms with Gasteiger partial charge in [-0.05, 0) is 23.7 Å². The predicted octanol–water partition coefficient (Wildman–Crippen LogP) is 2.14. The molecular weight excluding hydrogens is 230 g/mol. The maximum Gasteiger partial charge on any atom is 0.153 e. The Labute approximate surface area is 98.7 Å². The van der Waals surface area contributed by atoms with Gasteiger partial charge in [0.2, 0.25) is 0 Å². The van der Waals surface area contributed by atoms with E-state index in [0.29, 0.717) is 11.7 Å². The number of thioether (sulfide) groups is 1. The van der Waals surface area contributed by atoms with E-state index in [0.717, 1.165) is 23.0 Å². The summed E-state index contributed by atoms with van der Waals surface area (Å²) in [6, 6.07) is 0. The van der Waals surface area contributed by atoms with Crippen molar-refractivity contribution in [2.24, 2.45) is 5.92 Å². The Kier molecular flexibility index (Phi) is 5.21. The van der Waals surface area contributed by atoms with E-state index >= 15 is 0 Å². The molecule has 15 heavy (non-hydrogen) atoms. The van der Waals surface area contributed by atoms with E-state index in [1.165, 1.54) is 11.5 Å². The zero-order valence-electron chi connectivity index (χ0n) is 9.24. The van der Waals surface area contributed by atoms with Gasteiger partial charge in [-0.25, -0.2) is 0 Å². The van der Waals surface area contributed by atoms with Crippen LogP contribution < -0.4 is 11.1 Å². The lowest BCUT2D eigenvalue weighted by Crippen LogP contribution is -2.15. The number of nitrogens with two attached hydrogens (primary N) is 1. The second-order valence-electron chi connectivity index (χ2n) is 3.37. The summed E-state index contributed by atoms with van der Waals surface area (Å²) in [6.45, 7) is 3.78. The molecule has 0 aromatic carbocycles. The lowest BCUT2D eigenvalue weighted by atomic mass is 10.2. The summed E-state index contributed by atoms with van der Waals surface area (Å²) in [5, 5.41) is 4.40. The minimum absolute atomic E-state index is 0.480. The third kappa shape index (κ3) is 3.55. The van der Waals surface area contributed by atoms with Gasteiger partial charge < -0.3 is 15.8 Å². The summed E-state index contributed by atoms with van der Waals surface area (Å²) in [5.41, 5.74) is 5.73. The Morgan fingerprint density at radius 3 is 3.00 bits per heavy atom. The number of nitrogens with zero attached hydrogens (tertiary/aromatic N) is 1. The number of hydrogen-bond donors (Lipinski definition) is 2. The number of rotatable bonds is 6. The molecule has 1 unspecified atom stereocenters. The fraction of sp³-hybridized carbons (Fsp3) is 0.667. The van der Waals surface area contributed by atoms with Gasteiger partial charge >= 0.3 is 0 Å². The maximum atomic E-state index is 5.73. The minimum atomic E-state index is 0.480. The zero-order chi connectivity index (χ0) is 11.3. The first kappa shape index (κ1) is 12.6. The van der Waals surface area contributed by atoms with Crippen LogP contribution in [0.15, 0.2) is 4.90 Å². The first-order valence-corrected chi connectivity index (χ1v) is 6.70. The molecule has 1 rings (SSSR count). The van der Waals surface area contributed by atoms with Crippen LogP contribution in [-0.4, -0.2) is 30.9 Å². The third-order valence-electron chi connectivity index (χ3n) is 1.94. The van der Waals surface area contributed by atoms with Gasteiger partial charge in [0.15, 0.2) is 5.82 Å². The van der Waals surface area contributed by atoms with E-state index in [9.17, 15) is 0 Å². The van der Waals surface area contributed by atoms with Crippen molar-refractivity contribution >= 4 is 34.1 Å². The molecule has 0 spiro atoms. The van der Waals surface area contributed by atoms with Gasteiger partial charge in [0, 0.05) is 13.7 Å². The van der Waals surface area contributed by atoms with Crippen LogP contribution in [0.4, 0.5) is 10.8 Å². The number of hydrogen-bond acceptors (Lipinski definition) is 6. The molecule has 0 bridgehead atoms. The summed E-state index contributed by atoms with van der Waals surface area (Å²) in [6.07, 6.45) is 2.00. The molecule has 0 fully saturated rings. The molecule has 86 valence electrons. The first-order chi connectivity index (χ1) is 7.19. The highest BCUT2D eigenvalue weighted by atomic mass is 32.2. The van der Waals surface area contributed by atoms with Gasteiger partial charge in [-0.2, -0.15) is 4.37 Å². The molecule has 0 radical (unpaired) electrons. The van der Waals surface area contributed by atoms with Crippen LogP contribution in [0, 0.1) is 5.92 Å². The Hall–Kier alpha value is -0.460. The monoisotopic (exact) mass is 247 g/mol. The highest BCUT2D eigenvalue weighted by Crippen LogP contribution is 2.34. The minimum Gasteiger partial charge on any atom is -0.384 e. The molecule has 0 saturated heterocycles. The standard InChI is InChI=1S/C9H17N3OS2/c1-6(5-13-2)4-11-9-7(14-3)8(10)12-15-9/h6,11H,4-5H2,1-3H3,(H2,10,12). The van der Waals surface area contributed by atoms with Gasteiger partial charge in [-0.1, -0.05) is 6.92 Å². The predicted molar refractivity (Wildman–Crippen MR) is 67.8 cm³/mol. The Bertz CT molecular complexity index is 304. The fourth-order valence-electron chi connectivity index (χ4n) is 1.21. The van der Waals surface area contributed by atoms with Crippen LogP contribution in [0.25, 0.3) is 0 Å². The van der Waals surface area contributed by atoms with E-state index in [1.807, 2.05) is 6.26 Å². The highest BCUT2D eigenvalue weighted by Gasteiger charge is 2.10. The van der Waals surface area contributed by atoms with Gasteiger partial charge in [-0.3, -0.25) is 0 Å². The number of anilines is 2. The average Bonchev–Trinajstić information content (AvgIpc) is 2.56. The van der Waals surface area contributed by atoms with Crippen molar-refractivity contribution in [3.63, 3.8) is 0 Å². The average molecular weight is 247 g/mol. The molecule has 0 aliphatic heterocycles. The molecule has 1 atom stereocenters. The van der Waals surface area contributed by atoms with E-state index in [4.69, 9.17) is 10.5 Å². The molecule has 6 heteroatoms. The first-order valence-electron chi connectivity index (χ1n) is 4.71. The van der Waals surface area contributed by atoms with Crippen LogP contribution in [0.5, 0.6) is 0 Å². The summed E-state index contributed by atoms with van der Waals surface area (Å²) in [4.78, 5) is 1.05. The summed E-state index contributed by atoms with van der Waals surface area (Å²) in [5.74, 6) is 1.10. The number of nitrogen functional groups attached to an aromatic ring is 1. The van der Waals surface area contributed by atoms with E-state index in [1.54, 1.807) is 18.9 Å². The van der Waals surface area contributed by atoms with Crippen LogP contribution in [0.3, 0.4) is 0 Å². The molecule has 4 nitrogen and oxygen atoms in total. The third-order valence-corrected chi connectivity index (χ3v) is 3.71. The molecular formula is C9H17N3OS2. The number of ether oxygens (including phenoxy) is 1. The second-order valence-corrected chi connectivity index (χ2v) is 4.96. The highest BCUT2D eigenvalue weighted by molar-refractivity contribution is 7.99. The summed E-state index contributed by atoms with van der Waals surface area (Å²) < 4.78 is 9.19. The summed E-state index contributed by atoms with van der Waals surface area (Å²) >= 11 is 3.04. The van der Waals surface area contributed by atoms with Crippen molar-refractivity contribution in [1.82, 2.24) is 4.37 Å². The molecule has 1 aromatic rings. The number of methoxy groups -OCH3 is 1. The molecule has 0 amide bonds. The van der Waals surface area contributed by atoms with Crippen LogP contribution in [0.1, 0.15) is 6.92 Å². The van der Waals surface area contributed by atoms with Gasteiger partial charge in [-0.15, -0.1) is 11.8 Å². The van der Waals surface area contributed by atoms with Crippen molar-refractivity contribution in [3.05, 3.63) is 0 Å². The van der Waals surface area contributed by atoms with Crippen molar-refractivity contribution < 1.29 is 4.74 Å². The van der Waals surface area contributed by atoms with Crippen LogP contribution >= 0.6 is 23.3 Å². The Morgan fingerprint density at radius 1 is 1.67 bits per heavy atom. The number of aromatic nitrogens is 1. The number of nitrogens with one attached hydrogen (secondary N) is 1. The lowest BCUT2D eigenvalue weighted by Gasteiger charge is -2.11. The van der Waals surface area contributed by atoms with Gasteiger partial charge in [0.25, 0.3) is 0 Å². The molecule has 3 N–H and O–H groups in total.